The van der Waals surface area contributed by atoms with Gasteiger partial charge in [-0.15, -0.1) is 0 Å². The molecule has 0 bridgehead atoms. The van der Waals surface area contributed by atoms with Crippen LogP contribution in [0, 0.1) is 0 Å². The summed E-state index contributed by atoms with van der Waals surface area (Å²) in [5.74, 6) is -3.66. The number of rotatable bonds is 82. The topological polar surface area (TPSA) is 220 Å². The van der Waals surface area contributed by atoms with E-state index in [1.807, 2.05) is 0 Å². The van der Waals surface area contributed by atoms with E-state index in [9.17, 15) is 45.1 Å². The molecule has 0 atom stereocenters. The molecule has 14 nitrogen and oxygen atoms in total. The van der Waals surface area contributed by atoms with Gasteiger partial charge in [0, 0.05) is 0 Å². The molecule has 2 rings (SSSR count). The Balaban J connectivity index is 0.00000228. The van der Waals surface area contributed by atoms with Gasteiger partial charge in [-0.1, -0.05) is 397 Å². The van der Waals surface area contributed by atoms with Crippen molar-refractivity contribution < 1.29 is 64.1 Å². The maximum absolute atomic E-state index is 13.0. The second-order valence-electron chi connectivity index (χ2n) is 32.8. The van der Waals surface area contributed by atoms with Gasteiger partial charge < -0.3 is 28.1 Å². The summed E-state index contributed by atoms with van der Waals surface area (Å²) in [6.45, 7) is 9.49. The van der Waals surface area contributed by atoms with Crippen LogP contribution in [0.2, 0.25) is 0 Å². The standard InChI is InChI=1S/2C50H86O7S.Ca/c2*1-3-5-7-9-11-13-15-17-19-21-23-25-27-29-31-33-35-37-39-44-56-49(51)46-42-41-43-47(58(53,54)55)48(46)50(52)57-45-40-38-36-34-32-30-28-26-24-22-20-18-16-14-12-10-8-6-4-2;/h2*27-30,41-43H,3-26,31-40,44-45H2,1-2H3,(H,53,54,55);/q;;+2/p-2/b2*29-27+,30-28+;. The zero-order valence-electron chi connectivity index (χ0n) is 75.2. The quantitative estimate of drug-likeness (QED) is 0.0150. The van der Waals surface area contributed by atoms with E-state index < -0.39 is 65.0 Å². The molecule has 0 N–H and O–H groups in total. The van der Waals surface area contributed by atoms with Gasteiger partial charge in [0.05, 0.1) is 58.5 Å². The Morgan fingerprint density at radius 3 is 0.564 bits per heavy atom. The SMILES string of the molecule is CCCCCCCCCCCCC/C=C/CCCCCCOC(=O)c1cccc(S(=O)(=O)[O-])c1C(=O)OCCCCCC/C=C/CCCCCCCCCCCCC.CCCCCCCCCCCCC/C=C/CCCCCCOC(=O)c1cccc(S(=O)(=O)[O-])c1C(=O)OCCCCCC/C=C/CCCCCCCCCCCCC.[Ca+2]. The van der Waals surface area contributed by atoms with E-state index in [4.69, 9.17) is 18.9 Å². The van der Waals surface area contributed by atoms with Gasteiger partial charge in [-0.25, -0.2) is 36.0 Å². The number of hydrogen-bond acceptors (Lipinski definition) is 14. The van der Waals surface area contributed by atoms with Crippen LogP contribution in [0.4, 0.5) is 0 Å². The monoisotopic (exact) mass is 1700 g/mol. The fourth-order valence-electron chi connectivity index (χ4n) is 14.7. The predicted molar refractivity (Wildman–Crippen MR) is 489 cm³/mol. The van der Waals surface area contributed by atoms with Crippen molar-refractivity contribution >= 4 is 81.9 Å². The molecule has 0 amide bonds. The molecule has 0 heterocycles. The molecule has 2 aromatic carbocycles. The smallest absolute Gasteiger partial charge is 0.744 e. The molecule has 0 aliphatic rings. The number of benzene rings is 2. The number of carbonyl (C=O) groups excluding carboxylic acids is 4. The van der Waals surface area contributed by atoms with Crippen molar-refractivity contribution in [1.29, 1.82) is 0 Å². The number of hydrogen-bond donors (Lipinski definition) is 0. The number of ether oxygens (including phenoxy) is 4. The summed E-state index contributed by atoms with van der Waals surface area (Å²) in [6, 6.07) is 7.23. The number of allylic oxidation sites excluding steroid dienone is 8. The summed E-state index contributed by atoms with van der Waals surface area (Å²) < 4.78 is 93.6. The molecule has 0 radical (unpaired) electrons. The molecule has 668 valence electrons. The van der Waals surface area contributed by atoms with Crippen molar-refractivity contribution in [3.8, 4) is 0 Å². The molecule has 0 aromatic heterocycles. The first-order valence-electron chi connectivity index (χ1n) is 48.1. The fraction of sp³-hybridized carbons (Fsp3) is 0.760. The van der Waals surface area contributed by atoms with Gasteiger partial charge in [0.2, 0.25) is 0 Å². The Bertz CT molecular complexity index is 2810. The molecule has 2 aromatic rings. The van der Waals surface area contributed by atoms with E-state index in [-0.39, 0.29) is 75.3 Å². The fourth-order valence-corrected chi connectivity index (χ4v) is 16.1. The molecule has 17 heteroatoms. The van der Waals surface area contributed by atoms with Gasteiger partial charge in [-0.05, 0) is 153 Å². The zero-order valence-corrected chi connectivity index (χ0v) is 79.1. The average molecular weight is 1700 g/mol. The van der Waals surface area contributed by atoms with Crippen LogP contribution in [-0.4, -0.2) is 114 Å². The molecule has 0 aliphatic carbocycles. The van der Waals surface area contributed by atoms with Crippen LogP contribution in [0.3, 0.4) is 0 Å². The minimum Gasteiger partial charge on any atom is -0.744 e. The Hall–Kier alpha value is -3.64. The minimum atomic E-state index is -5.02. The zero-order chi connectivity index (χ0) is 84.4. The summed E-state index contributed by atoms with van der Waals surface area (Å²) >= 11 is 0. The third-order valence-electron chi connectivity index (χ3n) is 22.0. The first-order valence-corrected chi connectivity index (χ1v) is 50.9. The molecule has 117 heavy (non-hydrogen) atoms. The van der Waals surface area contributed by atoms with Gasteiger partial charge in [0.25, 0.3) is 0 Å². The van der Waals surface area contributed by atoms with E-state index in [1.54, 1.807) is 0 Å². The predicted octanol–water partition coefficient (Wildman–Crippen LogP) is 30.3. The second-order valence-corrected chi connectivity index (χ2v) is 35.5. The molecular formula is C100H170CaO14S2. The van der Waals surface area contributed by atoms with Crippen LogP contribution in [-0.2, 0) is 39.2 Å². The summed E-state index contributed by atoms with van der Waals surface area (Å²) in [6.07, 6.45) is 101. The van der Waals surface area contributed by atoms with Crippen molar-refractivity contribution in [3.63, 3.8) is 0 Å². The molecule has 0 aliphatic heterocycles. The van der Waals surface area contributed by atoms with Crippen LogP contribution in [0.15, 0.2) is 94.8 Å². The van der Waals surface area contributed by atoms with Gasteiger partial charge in [0.1, 0.15) is 20.2 Å². The Labute approximate surface area is 747 Å². The number of unbranched alkanes of at least 4 members (excludes halogenated alkanes) is 60. The van der Waals surface area contributed by atoms with Crippen LogP contribution in [0.5, 0.6) is 0 Å². The molecule has 0 spiro atoms. The molecule has 0 fully saturated rings. The van der Waals surface area contributed by atoms with Gasteiger partial charge in [-0.2, -0.15) is 0 Å². The summed E-state index contributed by atoms with van der Waals surface area (Å²) in [7, 11) is -10.0. The molecular weight excluding hydrogens is 1530 g/mol. The van der Waals surface area contributed by atoms with Crippen molar-refractivity contribution in [2.75, 3.05) is 26.4 Å². The summed E-state index contributed by atoms with van der Waals surface area (Å²) in [5, 5.41) is 0. The minimum absolute atomic E-state index is 0. The van der Waals surface area contributed by atoms with Gasteiger partial charge in [0.15, 0.2) is 0 Å². The number of esters is 4. The summed E-state index contributed by atoms with van der Waals surface area (Å²) in [4.78, 5) is 50.5. The largest absolute Gasteiger partial charge is 2.00 e. The maximum atomic E-state index is 13.0. The normalized spacial score (nSPS) is 11.8. The third-order valence-corrected chi connectivity index (χ3v) is 23.8. The Kier molecular flexibility index (Phi) is 81.9. The van der Waals surface area contributed by atoms with Gasteiger partial charge >= 0.3 is 61.6 Å². The van der Waals surface area contributed by atoms with Crippen LogP contribution >= 0.6 is 0 Å². The van der Waals surface area contributed by atoms with Crippen molar-refractivity contribution in [2.24, 2.45) is 0 Å². The second kappa shape index (κ2) is 84.6. The number of carbonyl (C=O) groups is 4. The Morgan fingerprint density at radius 2 is 0.393 bits per heavy atom. The van der Waals surface area contributed by atoms with Crippen LogP contribution in [0.25, 0.3) is 0 Å². The van der Waals surface area contributed by atoms with E-state index in [0.717, 1.165) is 141 Å². The first kappa shape index (κ1) is 113. The van der Waals surface area contributed by atoms with E-state index in [2.05, 4.69) is 76.3 Å². The summed E-state index contributed by atoms with van der Waals surface area (Å²) in [5.41, 5.74) is -1.59. The first-order chi connectivity index (χ1) is 56.6. The van der Waals surface area contributed by atoms with E-state index in [1.165, 1.54) is 307 Å². The molecule has 0 saturated carbocycles. The van der Waals surface area contributed by atoms with Crippen LogP contribution < -0.4 is 0 Å². The van der Waals surface area contributed by atoms with Gasteiger partial charge in [-0.3, -0.25) is 0 Å². The van der Waals surface area contributed by atoms with Crippen molar-refractivity contribution in [3.05, 3.63) is 107 Å². The van der Waals surface area contributed by atoms with Crippen LogP contribution in [0.1, 0.15) is 506 Å². The van der Waals surface area contributed by atoms with Crippen molar-refractivity contribution in [2.45, 2.75) is 474 Å². The van der Waals surface area contributed by atoms with E-state index in [0.29, 0.717) is 25.7 Å². The molecule has 0 unspecified atom stereocenters. The Morgan fingerprint density at radius 1 is 0.239 bits per heavy atom. The average Bonchev–Trinajstić information content (AvgIpc) is 0.796. The third kappa shape index (κ3) is 69.5. The maximum Gasteiger partial charge on any atom is 2.00 e. The van der Waals surface area contributed by atoms with Crippen molar-refractivity contribution in [1.82, 2.24) is 0 Å². The molecule has 0 saturated heterocycles. The van der Waals surface area contributed by atoms with E-state index >= 15 is 0 Å².